The van der Waals surface area contributed by atoms with E-state index in [1.165, 1.54) is 42.5 Å². The van der Waals surface area contributed by atoms with Crippen LogP contribution in [0.25, 0.3) is 0 Å². The number of nitrogens with zero attached hydrogens (tertiary/aromatic N) is 2. The summed E-state index contributed by atoms with van der Waals surface area (Å²) in [6.07, 6.45) is 0.744. The molecule has 0 fully saturated rings. The second-order valence-electron chi connectivity index (χ2n) is 9.45. The van der Waals surface area contributed by atoms with E-state index in [2.05, 4.69) is 5.32 Å². The van der Waals surface area contributed by atoms with Gasteiger partial charge >= 0.3 is 0 Å². The average molecular weight is 552 g/mol. The zero-order valence-electron chi connectivity index (χ0n) is 21.7. The van der Waals surface area contributed by atoms with Gasteiger partial charge in [0.25, 0.3) is 15.9 Å². The van der Waals surface area contributed by atoms with Gasteiger partial charge in [-0.05, 0) is 37.1 Å². The Balaban J connectivity index is 1.73. The van der Waals surface area contributed by atoms with E-state index in [9.17, 15) is 27.2 Å². The SMILES string of the molecule is CC[C@@H](C)NC(=O)[C@@H](Cc1ccccc1)N(Cc1ccccc1F)C(=O)CN1C(=O)c2ccccc2S1(=O)=O. The molecule has 0 bridgehead atoms. The summed E-state index contributed by atoms with van der Waals surface area (Å²) in [5, 5.41) is 2.89. The molecule has 0 unspecified atom stereocenters. The summed E-state index contributed by atoms with van der Waals surface area (Å²) in [5.41, 5.74) is 0.880. The highest BCUT2D eigenvalue weighted by Gasteiger charge is 2.43. The first-order valence-electron chi connectivity index (χ1n) is 12.7. The lowest BCUT2D eigenvalue weighted by Crippen LogP contribution is -2.54. The highest BCUT2D eigenvalue weighted by Crippen LogP contribution is 2.30. The Labute approximate surface area is 227 Å². The highest BCUT2D eigenvalue weighted by atomic mass is 32.2. The van der Waals surface area contributed by atoms with Crippen molar-refractivity contribution in [3.63, 3.8) is 0 Å². The molecule has 0 saturated carbocycles. The quantitative estimate of drug-likeness (QED) is 0.415. The van der Waals surface area contributed by atoms with Crippen molar-refractivity contribution < 1.29 is 27.2 Å². The van der Waals surface area contributed by atoms with Crippen molar-refractivity contribution in [1.82, 2.24) is 14.5 Å². The first kappa shape index (κ1) is 28.0. The Morgan fingerprint density at radius 3 is 2.28 bits per heavy atom. The molecular formula is C29H30FN3O5S. The lowest BCUT2D eigenvalue weighted by molar-refractivity contribution is -0.141. The van der Waals surface area contributed by atoms with Crippen LogP contribution in [0.15, 0.2) is 83.8 Å². The number of carbonyl (C=O) groups excluding carboxylic acids is 3. The first-order chi connectivity index (χ1) is 18.6. The maximum absolute atomic E-state index is 14.7. The second-order valence-corrected chi connectivity index (χ2v) is 11.3. The zero-order chi connectivity index (χ0) is 28.2. The van der Waals surface area contributed by atoms with Crippen LogP contribution in [0.4, 0.5) is 4.39 Å². The normalized spacial score (nSPS) is 15.4. The van der Waals surface area contributed by atoms with E-state index in [0.717, 1.165) is 10.5 Å². The fraction of sp³-hybridized carbons (Fsp3) is 0.276. The lowest BCUT2D eigenvalue weighted by Gasteiger charge is -2.33. The topological polar surface area (TPSA) is 104 Å². The maximum Gasteiger partial charge on any atom is 0.269 e. The van der Waals surface area contributed by atoms with Crippen molar-refractivity contribution in [2.75, 3.05) is 6.54 Å². The van der Waals surface area contributed by atoms with Gasteiger partial charge in [-0.3, -0.25) is 14.4 Å². The Bertz CT molecular complexity index is 1480. The van der Waals surface area contributed by atoms with Gasteiger partial charge in [0.05, 0.1) is 5.56 Å². The largest absolute Gasteiger partial charge is 0.352 e. The molecule has 3 aromatic rings. The summed E-state index contributed by atoms with van der Waals surface area (Å²) in [6, 6.07) is 19.3. The Hall–Kier alpha value is -4.05. The van der Waals surface area contributed by atoms with E-state index < -0.39 is 46.1 Å². The van der Waals surface area contributed by atoms with Crippen molar-refractivity contribution in [3.05, 3.63) is 101 Å². The van der Waals surface area contributed by atoms with Gasteiger partial charge in [-0.25, -0.2) is 17.1 Å². The molecule has 1 N–H and O–H groups in total. The molecular weight excluding hydrogens is 521 g/mol. The molecule has 10 heteroatoms. The number of carbonyl (C=O) groups is 3. The predicted molar refractivity (Wildman–Crippen MR) is 143 cm³/mol. The van der Waals surface area contributed by atoms with Gasteiger partial charge < -0.3 is 10.2 Å². The molecule has 3 aromatic carbocycles. The van der Waals surface area contributed by atoms with Crippen LogP contribution in [-0.4, -0.2) is 54.0 Å². The maximum atomic E-state index is 14.7. The average Bonchev–Trinajstić information content (AvgIpc) is 3.12. The van der Waals surface area contributed by atoms with E-state index in [1.54, 1.807) is 30.3 Å². The van der Waals surface area contributed by atoms with Gasteiger partial charge in [-0.2, -0.15) is 0 Å². The van der Waals surface area contributed by atoms with Crippen molar-refractivity contribution >= 4 is 27.7 Å². The van der Waals surface area contributed by atoms with Crippen molar-refractivity contribution in [2.45, 2.75) is 50.2 Å². The Kier molecular flexibility index (Phi) is 8.44. The summed E-state index contributed by atoms with van der Waals surface area (Å²) in [4.78, 5) is 41.4. The molecule has 0 aliphatic carbocycles. The minimum Gasteiger partial charge on any atom is -0.352 e. The fourth-order valence-electron chi connectivity index (χ4n) is 4.41. The summed E-state index contributed by atoms with van der Waals surface area (Å²) in [5.74, 6) is -2.66. The molecule has 0 spiro atoms. The smallest absolute Gasteiger partial charge is 0.269 e. The van der Waals surface area contributed by atoms with Crippen LogP contribution in [0.3, 0.4) is 0 Å². The van der Waals surface area contributed by atoms with Crippen molar-refractivity contribution in [1.29, 1.82) is 0 Å². The lowest BCUT2D eigenvalue weighted by atomic mass is 10.0. The third-order valence-electron chi connectivity index (χ3n) is 6.76. The molecule has 1 aliphatic heterocycles. The molecule has 1 heterocycles. The molecule has 204 valence electrons. The van der Waals surface area contributed by atoms with Gasteiger partial charge in [-0.15, -0.1) is 0 Å². The monoisotopic (exact) mass is 551 g/mol. The Morgan fingerprint density at radius 2 is 1.62 bits per heavy atom. The van der Waals surface area contributed by atoms with E-state index in [-0.39, 0.29) is 35.0 Å². The highest BCUT2D eigenvalue weighted by molar-refractivity contribution is 7.90. The molecule has 0 saturated heterocycles. The number of amides is 3. The van der Waals surface area contributed by atoms with E-state index in [0.29, 0.717) is 10.7 Å². The number of nitrogens with one attached hydrogen (secondary N) is 1. The molecule has 39 heavy (non-hydrogen) atoms. The standard InChI is InChI=1S/C29H30FN3O5S/c1-3-20(2)31-28(35)25(17-21-11-5-4-6-12-21)32(18-22-13-7-9-15-24(22)30)27(34)19-33-29(36)23-14-8-10-16-26(23)39(33,37)38/h4-16,20,25H,3,17-19H2,1-2H3,(H,31,35)/t20-,25-/m1/s1. The van der Waals surface area contributed by atoms with Crippen LogP contribution < -0.4 is 5.32 Å². The van der Waals surface area contributed by atoms with Gasteiger partial charge in [0.2, 0.25) is 11.8 Å². The number of hydrogen-bond acceptors (Lipinski definition) is 5. The van der Waals surface area contributed by atoms with Crippen LogP contribution in [0.5, 0.6) is 0 Å². The minimum atomic E-state index is -4.27. The first-order valence-corrected chi connectivity index (χ1v) is 14.1. The fourth-order valence-corrected chi connectivity index (χ4v) is 5.92. The van der Waals surface area contributed by atoms with E-state index in [1.807, 2.05) is 19.9 Å². The number of benzene rings is 3. The number of halogens is 1. The van der Waals surface area contributed by atoms with E-state index >= 15 is 0 Å². The third-order valence-corrected chi connectivity index (χ3v) is 8.55. The number of hydrogen-bond donors (Lipinski definition) is 1. The molecule has 8 nitrogen and oxygen atoms in total. The predicted octanol–water partition coefficient (Wildman–Crippen LogP) is 3.53. The van der Waals surface area contributed by atoms with E-state index in [4.69, 9.17) is 0 Å². The summed E-state index contributed by atoms with van der Waals surface area (Å²) < 4.78 is 41.5. The second kappa shape index (κ2) is 11.8. The number of rotatable bonds is 10. The van der Waals surface area contributed by atoms with Crippen LogP contribution in [0.2, 0.25) is 0 Å². The van der Waals surface area contributed by atoms with Gasteiger partial charge in [0, 0.05) is 24.6 Å². The molecule has 2 atom stereocenters. The van der Waals surface area contributed by atoms with Gasteiger partial charge in [-0.1, -0.05) is 67.6 Å². The number of fused-ring (bicyclic) bond motifs is 1. The minimum absolute atomic E-state index is 0.0266. The molecule has 4 rings (SSSR count). The Morgan fingerprint density at radius 1 is 0.974 bits per heavy atom. The third kappa shape index (κ3) is 6.01. The van der Waals surface area contributed by atoms with Crippen LogP contribution in [0.1, 0.15) is 41.8 Å². The summed E-state index contributed by atoms with van der Waals surface area (Å²) in [6.45, 7) is 2.60. The van der Waals surface area contributed by atoms with Crippen LogP contribution >= 0.6 is 0 Å². The molecule has 0 aromatic heterocycles. The van der Waals surface area contributed by atoms with Gasteiger partial charge in [0.1, 0.15) is 23.3 Å². The van der Waals surface area contributed by atoms with Crippen molar-refractivity contribution in [2.24, 2.45) is 0 Å². The zero-order valence-corrected chi connectivity index (χ0v) is 22.5. The molecule has 1 aliphatic rings. The summed E-state index contributed by atoms with van der Waals surface area (Å²) in [7, 11) is -4.27. The summed E-state index contributed by atoms with van der Waals surface area (Å²) >= 11 is 0. The number of sulfonamides is 1. The van der Waals surface area contributed by atoms with Crippen LogP contribution in [-0.2, 0) is 32.6 Å². The van der Waals surface area contributed by atoms with Crippen molar-refractivity contribution in [3.8, 4) is 0 Å². The van der Waals surface area contributed by atoms with Crippen LogP contribution in [0, 0.1) is 5.82 Å². The molecule has 0 radical (unpaired) electrons. The van der Waals surface area contributed by atoms with Gasteiger partial charge in [0.15, 0.2) is 0 Å². The molecule has 3 amide bonds.